The van der Waals surface area contributed by atoms with Crippen molar-refractivity contribution in [1.29, 1.82) is 0 Å². The van der Waals surface area contributed by atoms with E-state index in [1.807, 2.05) is 12.2 Å². The molecule has 0 heterocycles. The van der Waals surface area contributed by atoms with Gasteiger partial charge in [0.2, 0.25) is 0 Å². The zero-order chi connectivity index (χ0) is 15.6. The van der Waals surface area contributed by atoms with Crippen molar-refractivity contribution >= 4 is 15.9 Å². The fourth-order valence-corrected chi connectivity index (χ4v) is 3.06. The molecule has 2 unspecified atom stereocenters. The van der Waals surface area contributed by atoms with Crippen LogP contribution in [-0.2, 0) is 19.6 Å². The molecular formula is C14H16O6S. The first-order valence-electron chi connectivity index (χ1n) is 6.36. The molecule has 0 aromatic rings. The predicted molar refractivity (Wildman–Crippen MR) is 75.7 cm³/mol. The zero-order valence-electron chi connectivity index (χ0n) is 11.4. The van der Waals surface area contributed by atoms with Crippen LogP contribution in [0.2, 0.25) is 0 Å². The van der Waals surface area contributed by atoms with Gasteiger partial charge in [-0.05, 0) is 12.5 Å². The van der Waals surface area contributed by atoms with Crippen molar-refractivity contribution < 1.29 is 27.6 Å². The first-order chi connectivity index (χ1) is 9.84. The van der Waals surface area contributed by atoms with Gasteiger partial charge in [-0.2, -0.15) is 8.42 Å². The molecule has 0 bridgehead atoms. The minimum atomic E-state index is -4.52. The lowest BCUT2D eigenvalue weighted by atomic mass is 9.86. The van der Waals surface area contributed by atoms with Crippen molar-refractivity contribution in [2.45, 2.75) is 18.9 Å². The number of carbonyl (C=O) groups is 1. The van der Waals surface area contributed by atoms with Crippen LogP contribution in [0, 0.1) is 5.92 Å². The number of methoxy groups -OCH3 is 1. The van der Waals surface area contributed by atoms with E-state index in [1.165, 1.54) is 7.11 Å². The smallest absolute Gasteiger partial charge is 0.297 e. The molecule has 2 N–H and O–H groups in total. The maximum Gasteiger partial charge on any atom is 0.297 e. The Balaban J connectivity index is 2.40. The normalized spacial score (nSPS) is 25.8. The van der Waals surface area contributed by atoms with Crippen molar-refractivity contribution in [3.63, 3.8) is 0 Å². The molecule has 0 aromatic heterocycles. The number of rotatable bonds is 4. The molecule has 2 aliphatic rings. The summed E-state index contributed by atoms with van der Waals surface area (Å²) in [4.78, 5) is 11.9. The molecule has 0 spiro atoms. The lowest BCUT2D eigenvalue weighted by Gasteiger charge is -2.24. The van der Waals surface area contributed by atoms with Crippen LogP contribution in [0.3, 0.4) is 0 Å². The van der Waals surface area contributed by atoms with Crippen LogP contribution in [-0.4, -0.2) is 37.1 Å². The molecule has 0 saturated carbocycles. The van der Waals surface area contributed by atoms with Crippen molar-refractivity contribution in [3.8, 4) is 0 Å². The highest BCUT2D eigenvalue weighted by molar-refractivity contribution is 7.90. The fraction of sp³-hybridized carbons (Fsp3) is 0.357. The second-order valence-corrected chi connectivity index (χ2v) is 6.20. The van der Waals surface area contributed by atoms with Gasteiger partial charge in [0.15, 0.2) is 5.78 Å². The summed E-state index contributed by atoms with van der Waals surface area (Å²) < 4.78 is 36.8. The largest absolute Gasteiger partial charge is 0.500 e. The lowest BCUT2D eigenvalue weighted by Crippen LogP contribution is -2.28. The van der Waals surface area contributed by atoms with Crippen LogP contribution in [0.25, 0.3) is 0 Å². The summed E-state index contributed by atoms with van der Waals surface area (Å²) in [7, 11) is -3.29. The molecule has 2 aliphatic carbocycles. The van der Waals surface area contributed by atoms with Gasteiger partial charge in [0.05, 0.1) is 13.2 Å². The number of aliphatic hydroxyl groups is 1. The maximum absolute atomic E-state index is 12.4. The predicted octanol–water partition coefficient (Wildman–Crippen LogP) is 1.12. The van der Waals surface area contributed by atoms with Gasteiger partial charge < -0.3 is 9.84 Å². The molecule has 114 valence electrons. The van der Waals surface area contributed by atoms with Gasteiger partial charge in [-0.1, -0.05) is 24.3 Å². The molecule has 0 aliphatic heterocycles. The van der Waals surface area contributed by atoms with Crippen LogP contribution in [0.1, 0.15) is 12.8 Å². The number of allylic oxidation sites excluding steroid dienone is 5. The van der Waals surface area contributed by atoms with Crippen molar-refractivity contribution in [3.05, 3.63) is 46.6 Å². The molecule has 0 fully saturated rings. The van der Waals surface area contributed by atoms with E-state index in [-0.39, 0.29) is 23.5 Å². The van der Waals surface area contributed by atoms with E-state index >= 15 is 0 Å². The second kappa shape index (κ2) is 5.97. The monoisotopic (exact) mass is 312 g/mol. The highest BCUT2D eigenvalue weighted by Crippen LogP contribution is 2.31. The highest BCUT2D eigenvalue weighted by atomic mass is 32.2. The molecule has 0 aromatic carbocycles. The average molecular weight is 312 g/mol. The summed E-state index contributed by atoms with van der Waals surface area (Å²) in [5.74, 6) is -0.873. The number of hydrogen-bond acceptors (Lipinski definition) is 5. The molecule has 21 heavy (non-hydrogen) atoms. The Bertz CT molecular complexity index is 666. The number of carbonyl (C=O) groups excluding carboxylic acids is 1. The molecule has 0 saturated heterocycles. The van der Waals surface area contributed by atoms with Crippen LogP contribution in [0.4, 0.5) is 0 Å². The Morgan fingerprint density at radius 1 is 1.38 bits per heavy atom. The number of Topliss-reactive ketones (excluding diaryl/α,β-unsaturated/α-hetero) is 1. The molecular weight excluding hydrogens is 296 g/mol. The first-order valence-corrected chi connectivity index (χ1v) is 7.80. The summed E-state index contributed by atoms with van der Waals surface area (Å²) >= 11 is 0. The topological polar surface area (TPSA) is 101 Å². The highest BCUT2D eigenvalue weighted by Gasteiger charge is 2.33. The van der Waals surface area contributed by atoms with Gasteiger partial charge >= 0.3 is 0 Å². The summed E-state index contributed by atoms with van der Waals surface area (Å²) in [6.07, 6.45) is 7.20. The van der Waals surface area contributed by atoms with Gasteiger partial charge in [-0.3, -0.25) is 9.35 Å². The summed E-state index contributed by atoms with van der Waals surface area (Å²) in [6.45, 7) is 0. The van der Waals surface area contributed by atoms with Crippen LogP contribution < -0.4 is 0 Å². The molecule has 6 nitrogen and oxygen atoms in total. The quantitative estimate of drug-likeness (QED) is 0.755. The van der Waals surface area contributed by atoms with Gasteiger partial charge in [-0.25, -0.2) is 0 Å². The van der Waals surface area contributed by atoms with Gasteiger partial charge in [0.1, 0.15) is 10.7 Å². The molecule has 7 heteroatoms. The third-order valence-electron chi connectivity index (χ3n) is 3.43. The lowest BCUT2D eigenvalue weighted by molar-refractivity contribution is -0.118. The third-order valence-corrected chi connectivity index (χ3v) is 4.33. The molecule has 2 rings (SSSR count). The van der Waals surface area contributed by atoms with Crippen molar-refractivity contribution in [2.75, 3.05) is 7.11 Å². The summed E-state index contributed by atoms with van der Waals surface area (Å²) in [5.41, 5.74) is -0.0339. The fourth-order valence-electron chi connectivity index (χ4n) is 2.33. The first kappa shape index (κ1) is 15.7. The Kier molecular flexibility index (Phi) is 4.46. The van der Waals surface area contributed by atoms with E-state index in [0.29, 0.717) is 6.42 Å². The second-order valence-electron chi connectivity index (χ2n) is 4.81. The van der Waals surface area contributed by atoms with Crippen molar-refractivity contribution in [1.82, 2.24) is 0 Å². The van der Waals surface area contributed by atoms with Crippen LogP contribution in [0.15, 0.2) is 46.6 Å². The van der Waals surface area contributed by atoms with E-state index in [4.69, 9.17) is 4.74 Å². The maximum atomic E-state index is 12.4. The molecule has 0 radical (unpaired) electrons. The standard InChI is InChI=1S/C14H16O6S/c1-20-12-8-11(15)10(7-13(12)21(17,18)19)14(16)9-5-3-2-4-6-9/h2-5,7,9,11,15H,6,8H2,1H3,(H,17,18,19). The van der Waals surface area contributed by atoms with Crippen LogP contribution in [0.5, 0.6) is 0 Å². The Labute approximate surface area is 122 Å². The minimum Gasteiger partial charge on any atom is -0.500 e. The summed E-state index contributed by atoms with van der Waals surface area (Å²) in [6, 6.07) is 0. The van der Waals surface area contributed by atoms with E-state index < -0.39 is 27.0 Å². The van der Waals surface area contributed by atoms with E-state index in [1.54, 1.807) is 12.2 Å². The summed E-state index contributed by atoms with van der Waals surface area (Å²) in [5, 5.41) is 10.0. The van der Waals surface area contributed by atoms with Crippen molar-refractivity contribution in [2.24, 2.45) is 5.92 Å². The SMILES string of the molecule is COC1=C(S(=O)(=O)O)C=C(C(=O)C2C=CC=CC2)C(O)C1. The Hall–Kier alpha value is -1.70. The van der Waals surface area contributed by atoms with E-state index in [9.17, 15) is 22.9 Å². The van der Waals surface area contributed by atoms with Gasteiger partial charge in [0, 0.05) is 17.9 Å². The number of ketones is 1. The van der Waals surface area contributed by atoms with E-state index in [0.717, 1.165) is 6.08 Å². The number of hydrogen-bond donors (Lipinski definition) is 2. The Morgan fingerprint density at radius 2 is 2.10 bits per heavy atom. The number of ether oxygens (including phenoxy) is 1. The minimum absolute atomic E-state index is 0.0339. The van der Waals surface area contributed by atoms with Gasteiger partial charge in [0.25, 0.3) is 10.1 Å². The van der Waals surface area contributed by atoms with Gasteiger partial charge in [-0.15, -0.1) is 0 Å². The number of aliphatic hydroxyl groups excluding tert-OH is 1. The molecule has 0 amide bonds. The van der Waals surface area contributed by atoms with Crippen LogP contribution >= 0.6 is 0 Å². The molecule has 2 atom stereocenters. The Morgan fingerprint density at radius 3 is 2.62 bits per heavy atom. The average Bonchev–Trinajstić information content (AvgIpc) is 2.45. The third kappa shape index (κ3) is 3.31. The van der Waals surface area contributed by atoms with E-state index in [2.05, 4.69) is 0 Å². The zero-order valence-corrected chi connectivity index (χ0v) is 12.2.